The molecule has 0 aliphatic carbocycles. The van der Waals surface area contributed by atoms with Crippen LogP contribution in [0.25, 0.3) is 11.0 Å². The Morgan fingerprint density at radius 1 is 1.39 bits per heavy atom. The Labute approximate surface area is 140 Å². The standard InChI is InChI=1S/C16H21ClN4O2/c1-2-21-14-4-3-12(11-13(14)19-16(21)17)15(22)18-5-6-20-7-9-23-10-8-20/h3-4,11H,2,5-10H2,1H3,(H,18,22). The minimum absolute atomic E-state index is 0.0812. The molecule has 6 nitrogen and oxygen atoms in total. The molecule has 1 aliphatic rings. The number of fused-ring (bicyclic) bond motifs is 1. The van der Waals surface area contributed by atoms with E-state index in [1.807, 2.05) is 23.6 Å². The Balaban J connectivity index is 1.61. The number of aryl methyl sites for hydroxylation is 1. The number of rotatable bonds is 5. The highest BCUT2D eigenvalue weighted by molar-refractivity contribution is 6.29. The quantitative estimate of drug-likeness (QED) is 0.904. The number of imidazole rings is 1. The molecule has 2 heterocycles. The summed E-state index contributed by atoms with van der Waals surface area (Å²) in [5, 5.41) is 3.41. The zero-order chi connectivity index (χ0) is 16.2. The summed E-state index contributed by atoms with van der Waals surface area (Å²) in [6.07, 6.45) is 0. The Morgan fingerprint density at radius 3 is 2.91 bits per heavy atom. The number of aromatic nitrogens is 2. The molecule has 0 unspecified atom stereocenters. The summed E-state index contributed by atoms with van der Waals surface area (Å²) in [4.78, 5) is 18.9. The van der Waals surface area contributed by atoms with Crippen LogP contribution < -0.4 is 5.32 Å². The molecular formula is C16H21ClN4O2. The molecule has 1 amide bonds. The minimum Gasteiger partial charge on any atom is -0.379 e. The van der Waals surface area contributed by atoms with Crippen LogP contribution in [-0.4, -0.2) is 59.8 Å². The van der Waals surface area contributed by atoms with E-state index < -0.39 is 0 Å². The van der Waals surface area contributed by atoms with Crippen molar-refractivity contribution in [2.24, 2.45) is 0 Å². The second kappa shape index (κ2) is 7.29. The number of ether oxygens (including phenoxy) is 1. The molecular weight excluding hydrogens is 316 g/mol. The average molecular weight is 337 g/mol. The van der Waals surface area contributed by atoms with Gasteiger partial charge in [-0.05, 0) is 36.7 Å². The van der Waals surface area contributed by atoms with Crippen LogP contribution in [-0.2, 0) is 11.3 Å². The van der Waals surface area contributed by atoms with Crippen LogP contribution in [0.4, 0.5) is 0 Å². The minimum atomic E-state index is -0.0812. The molecule has 1 fully saturated rings. The molecule has 0 saturated carbocycles. The van der Waals surface area contributed by atoms with Gasteiger partial charge in [0.2, 0.25) is 5.28 Å². The molecule has 0 atom stereocenters. The monoisotopic (exact) mass is 336 g/mol. The molecule has 0 radical (unpaired) electrons. The van der Waals surface area contributed by atoms with Crippen molar-refractivity contribution in [1.82, 2.24) is 19.8 Å². The van der Waals surface area contributed by atoms with E-state index in [1.54, 1.807) is 6.07 Å². The van der Waals surface area contributed by atoms with Gasteiger partial charge in [-0.3, -0.25) is 9.69 Å². The lowest BCUT2D eigenvalue weighted by molar-refractivity contribution is 0.0383. The van der Waals surface area contributed by atoms with Crippen LogP contribution >= 0.6 is 11.6 Å². The summed E-state index contributed by atoms with van der Waals surface area (Å²) in [7, 11) is 0. The number of hydrogen-bond acceptors (Lipinski definition) is 4. The van der Waals surface area contributed by atoms with E-state index in [0.717, 1.165) is 50.4 Å². The first-order valence-corrected chi connectivity index (χ1v) is 8.31. The molecule has 2 aromatic rings. The highest BCUT2D eigenvalue weighted by Gasteiger charge is 2.13. The highest BCUT2D eigenvalue weighted by Crippen LogP contribution is 2.20. The number of amides is 1. The van der Waals surface area contributed by atoms with Crippen LogP contribution in [0.1, 0.15) is 17.3 Å². The van der Waals surface area contributed by atoms with Crippen LogP contribution in [0.5, 0.6) is 0 Å². The fourth-order valence-electron chi connectivity index (χ4n) is 2.80. The molecule has 1 aromatic heterocycles. The average Bonchev–Trinajstić information content (AvgIpc) is 2.89. The van der Waals surface area contributed by atoms with E-state index in [4.69, 9.17) is 16.3 Å². The number of carbonyl (C=O) groups excluding carboxylic acids is 1. The van der Waals surface area contributed by atoms with E-state index in [9.17, 15) is 4.79 Å². The molecule has 1 aromatic carbocycles. The number of hydrogen-bond donors (Lipinski definition) is 1. The van der Waals surface area contributed by atoms with Gasteiger partial charge in [0, 0.05) is 38.3 Å². The van der Waals surface area contributed by atoms with E-state index in [-0.39, 0.29) is 5.91 Å². The van der Waals surface area contributed by atoms with Crippen LogP contribution in [0, 0.1) is 0 Å². The summed E-state index contributed by atoms with van der Waals surface area (Å²) in [6.45, 7) is 7.62. The van der Waals surface area contributed by atoms with E-state index in [0.29, 0.717) is 17.4 Å². The van der Waals surface area contributed by atoms with Gasteiger partial charge in [-0.1, -0.05) is 0 Å². The van der Waals surface area contributed by atoms with Gasteiger partial charge in [0.05, 0.1) is 24.2 Å². The Bertz CT molecular complexity index is 695. The Kier molecular flexibility index (Phi) is 5.15. The summed E-state index contributed by atoms with van der Waals surface area (Å²) >= 11 is 6.10. The first-order valence-electron chi connectivity index (χ1n) is 7.93. The molecule has 1 N–H and O–H groups in total. The van der Waals surface area contributed by atoms with Crippen molar-refractivity contribution in [1.29, 1.82) is 0 Å². The van der Waals surface area contributed by atoms with Gasteiger partial charge in [0.15, 0.2) is 0 Å². The van der Waals surface area contributed by atoms with Gasteiger partial charge in [-0.15, -0.1) is 0 Å². The van der Waals surface area contributed by atoms with Crippen molar-refractivity contribution in [3.63, 3.8) is 0 Å². The van der Waals surface area contributed by atoms with E-state index in [1.165, 1.54) is 0 Å². The van der Waals surface area contributed by atoms with Crippen molar-refractivity contribution in [2.45, 2.75) is 13.5 Å². The summed E-state index contributed by atoms with van der Waals surface area (Å²) in [5.74, 6) is -0.0812. The smallest absolute Gasteiger partial charge is 0.251 e. The maximum absolute atomic E-state index is 12.3. The fourth-order valence-corrected chi connectivity index (χ4v) is 3.10. The van der Waals surface area contributed by atoms with E-state index >= 15 is 0 Å². The molecule has 124 valence electrons. The lowest BCUT2D eigenvalue weighted by atomic mass is 10.2. The van der Waals surface area contributed by atoms with Gasteiger partial charge in [0.25, 0.3) is 5.91 Å². The number of nitrogens with zero attached hydrogens (tertiary/aromatic N) is 3. The number of halogens is 1. The lowest BCUT2D eigenvalue weighted by Crippen LogP contribution is -2.41. The van der Waals surface area contributed by atoms with Gasteiger partial charge in [-0.2, -0.15) is 0 Å². The third-order valence-electron chi connectivity index (χ3n) is 4.10. The van der Waals surface area contributed by atoms with Crippen molar-refractivity contribution in [3.8, 4) is 0 Å². The molecule has 0 spiro atoms. The number of benzene rings is 1. The second-order valence-electron chi connectivity index (χ2n) is 5.54. The normalized spacial score (nSPS) is 15.9. The van der Waals surface area contributed by atoms with Gasteiger partial charge in [-0.25, -0.2) is 4.98 Å². The number of nitrogens with one attached hydrogen (secondary N) is 1. The third-order valence-corrected chi connectivity index (χ3v) is 4.39. The van der Waals surface area contributed by atoms with Gasteiger partial charge >= 0.3 is 0 Å². The highest BCUT2D eigenvalue weighted by atomic mass is 35.5. The molecule has 7 heteroatoms. The molecule has 0 bridgehead atoms. The Hall–Kier alpha value is -1.63. The van der Waals surface area contributed by atoms with Crippen molar-refractivity contribution >= 4 is 28.5 Å². The molecule has 3 rings (SSSR count). The fraction of sp³-hybridized carbons (Fsp3) is 0.500. The third kappa shape index (κ3) is 3.65. The first-order chi connectivity index (χ1) is 11.2. The Morgan fingerprint density at radius 2 is 2.17 bits per heavy atom. The van der Waals surface area contributed by atoms with Crippen molar-refractivity contribution in [2.75, 3.05) is 39.4 Å². The van der Waals surface area contributed by atoms with Gasteiger partial charge < -0.3 is 14.6 Å². The zero-order valence-electron chi connectivity index (χ0n) is 13.2. The SMILES string of the molecule is CCn1c(Cl)nc2cc(C(=O)NCCN3CCOCC3)ccc21. The topological polar surface area (TPSA) is 59.4 Å². The van der Waals surface area contributed by atoms with Gasteiger partial charge in [0.1, 0.15) is 0 Å². The first kappa shape index (κ1) is 16.2. The molecule has 23 heavy (non-hydrogen) atoms. The van der Waals surface area contributed by atoms with Crippen LogP contribution in [0.3, 0.4) is 0 Å². The van der Waals surface area contributed by atoms with Crippen molar-refractivity contribution < 1.29 is 9.53 Å². The zero-order valence-corrected chi connectivity index (χ0v) is 14.0. The van der Waals surface area contributed by atoms with Crippen LogP contribution in [0.15, 0.2) is 18.2 Å². The lowest BCUT2D eigenvalue weighted by Gasteiger charge is -2.26. The molecule has 1 saturated heterocycles. The molecule has 1 aliphatic heterocycles. The second-order valence-corrected chi connectivity index (χ2v) is 5.88. The summed E-state index contributed by atoms with van der Waals surface area (Å²) in [5.41, 5.74) is 2.30. The number of morpholine rings is 1. The largest absolute Gasteiger partial charge is 0.379 e. The summed E-state index contributed by atoms with van der Waals surface area (Å²) < 4.78 is 7.22. The summed E-state index contributed by atoms with van der Waals surface area (Å²) in [6, 6.07) is 5.50. The maximum atomic E-state index is 12.3. The predicted molar refractivity (Wildman–Crippen MR) is 90.0 cm³/mol. The number of carbonyl (C=O) groups is 1. The van der Waals surface area contributed by atoms with E-state index in [2.05, 4.69) is 15.2 Å². The predicted octanol–water partition coefficient (Wildman–Crippen LogP) is 1.77. The maximum Gasteiger partial charge on any atom is 0.251 e. The van der Waals surface area contributed by atoms with Crippen molar-refractivity contribution in [3.05, 3.63) is 29.0 Å². The van der Waals surface area contributed by atoms with Crippen LogP contribution in [0.2, 0.25) is 5.28 Å².